The maximum absolute atomic E-state index is 12.7. The van der Waals surface area contributed by atoms with Gasteiger partial charge >= 0.3 is 0 Å². The third-order valence-electron chi connectivity index (χ3n) is 9.91. The number of fused-ring (bicyclic) bond motifs is 5. The van der Waals surface area contributed by atoms with Crippen LogP contribution in [0.1, 0.15) is 74.8 Å². The average molecular weight is 457 g/mol. The van der Waals surface area contributed by atoms with Crippen LogP contribution >= 0.6 is 0 Å². The average Bonchev–Trinajstić information content (AvgIpc) is 3.42. The summed E-state index contributed by atoms with van der Waals surface area (Å²) in [6, 6.07) is 3.82. The first-order chi connectivity index (χ1) is 16.4. The summed E-state index contributed by atoms with van der Waals surface area (Å²) < 4.78 is 2.29. The summed E-state index contributed by atoms with van der Waals surface area (Å²) in [4.78, 5) is 21.3. The normalized spacial score (nSPS) is 36.6. The molecule has 0 bridgehead atoms. The molecule has 2 aromatic heterocycles. The minimum absolute atomic E-state index is 0.0259. The number of nitrogens with zero attached hydrogens (tertiary/aromatic N) is 3. The SMILES string of the molecule is Cc1cn(C2=CC[C@H]3[C@@H]4CC=C5C[C@@H](NC(=O)c6ccncc6)CC[C@]5(C)[C@H]4CC[C@]23C)cn1. The van der Waals surface area contributed by atoms with Crippen molar-refractivity contribution >= 4 is 11.6 Å². The highest BCUT2D eigenvalue weighted by molar-refractivity contribution is 5.94. The van der Waals surface area contributed by atoms with E-state index < -0.39 is 0 Å². The number of amides is 1. The van der Waals surface area contributed by atoms with E-state index in [1.54, 1.807) is 30.1 Å². The molecule has 1 amide bonds. The van der Waals surface area contributed by atoms with E-state index in [-0.39, 0.29) is 22.8 Å². The van der Waals surface area contributed by atoms with Crippen LogP contribution in [0.25, 0.3) is 5.70 Å². The lowest BCUT2D eigenvalue weighted by Crippen LogP contribution is -2.51. The summed E-state index contributed by atoms with van der Waals surface area (Å²) in [5.41, 5.74) is 5.37. The maximum atomic E-state index is 12.7. The molecule has 5 heteroatoms. The predicted molar refractivity (Wildman–Crippen MR) is 134 cm³/mol. The van der Waals surface area contributed by atoms with Gasteiger partial charge in [-0.25, -0.2) is 4.98 Å². The Kier molecular flexibility index (Phi) is 5.09. The molecule has 2 fully saturated rings. The van der Waals surface area contributed by atoms with Gasteiger partial charge in [-0.3, -0.25) is 9.78 Å². The third kappa shape index (κ3) is 3.30. The van der Waals surface area contributed by atoms with Crippen LogP contribution in [0.2, 0.25) is 0 Å². The molecular weight excluding hydrogens is 420 g/mol. The van der Waals surface area contributed by atoms with Gasteiger partial charge in [0.2, 0.25) is 0 Å². The van der Waals surface area contributed by atoms with Gasteiger partial charge < -0.3 is 9.88 Å². The predicted octanol–water partition coefficient (Wildman–Crippen LogP) is 5.80. The van der Waals surface area contributed by atoms with E-state index in [4.69, 9.17) is 0 Å². The van der Waals surface area contributed by atoms with Crippen molar-refractivity contribution in [3.8, 4) is 0 Å². The second-order valence-electron chi connectivity index (χ2n) is 11.6. The fourth-order valence-electron chi connectivity index (χ4n) is 8.05. The zero-order valence-corrected chi connectivity index (χ0v) is 20.6. The van der Waals surface area contributed by atoms with Gasteiger partial charge in [0.1, 0.15) is 0 Å². The topological polar surface area (TPSA) is 59.8 Å². The van der Waals surface area contributed by atoms with Gasteiger partial charge in [0.15, 0.2) is 0 Å². The van der Waals surface area contributed by atoms with E-state index in [0.717, 1.165) is 30.4 Å². The Bertz CT molecular complexity index is 1160. The molecule has 2 heterocycles. The van der Waals surface area contributed by atoms with Crippen LogP contribution in [0, 0.1) is 35.5 Å². The van der Waals surface area contributed by atoms with E-state index in [1.165, 1.54) is 37.8 Å². The smallest absolute Gasteiger partial charge is 0.251 e. The van der Waals surface area contributed by atoms with Crippen molar-refractivity contribution in [1.29, 1.82) is 0 Å². The molecule has 0 aliphatic heterocycles. The number of carbonyl (C=O) groups is 1. The van der Waals surface area contributed by atoms with Crippen molar-refractivity contribution in [2.75, 3.05) is 0 Å². The number of allylic oxidation sites excluding steroid dienone is 3. The molecule has 0 aromatic carbocycles. The summed E-state index contributed by atoms with van der Waals surface area (Å²) in [6.45, 7) is 7.11. The van der Waals surface area contributed by atoms with E-state index in [1.807, 2.05) is 6.33 Å². The quantitative estimate of drug-likeness (QED) is 0.594. The van der Waals surface area contributed by atoms with Gasteiger partial charge in [-0.05, 0) is 87.2 Å². The number of aromatic nitrogens is 3. The van der Waals surface area contributed by atoms with Crippen molar-refractivity contribution < 1.29 is 4.79 Å². The fourth-order valence-corrected chi connectivity index (χ4v) is 8.05. The maximum Gasteiger partial charge on any atom is 0.251 e. The Morgan fingerprint density at radius 3 is 2.62 bits per heavy atom. The zero-order valence-electron chi connectivity index (χ0n) is 20.6. The minimum Gasteiger partial charge on any atom is -0.349 e. The zero-order chi connectivity index (χ0) is 23.5. The van der Waals surface area contributed by atoms with Crippen molar-refractivity contribution in [3.05, 3.63) is 66.0 Å². The van der Waals surface area contributed by atoms with Crippen molar-refractivity contribution in [2.24, 2.45) is 28.6 Å². The molecule has 0 saturated heterocycles. The van der Waals surface area contributed by atoms with Crippen LogP contribution in [0.5, 0.6) is 0 Å². The first kappa shape index (κ1) is 21.8. The summed E-state index contributed by atoms with van der Waals surface area (Å²) in [5, 5.41) is 3.30. The van der Waals surface area contributed by atoms with Gasteiger partial charge in [0, 0.05) is 41.3 Å². The van der Waals surface area contributed by atoms with Gasteiger partial charge in [0.25, 0.3) is 5.91 Å². The summed E-state index contributed by atoms with van der Waals surface area (Å²) in [7, 11) is 0. The highest BCUT2D eigenvalue weighted by Crippen LogP contribution is 2.65. The molecule has 1 N–H and O–H groups in total. The molecule has 178 valence electrons. The Hall–Kier alpha value is -2.69. The molecule has 0 spiro atoms. The fraction of sp³-hybridized carbons (Fsp3) is 0.552. The van der Waals surface area contributed by atoms with Crippen molar-refractivity contribution in [1.82, 2.24) is 19.9 Å². The summed E-state index contributed by atoms with van der Waals surface area (Å²) >= 11 is 0. The van der Waals surface area contributed by atoms with Crippen molar-refractivity contribution in [3.63, 3.8) is 0 Å². The van der Waals surface area contributed by atoms with Crippen LogP contribution in [-0.2, 0) is 0 Å². The second-order valence-corrected chi connectivity index (χ2v) is 11.6. The van der Waals surface area contributed by atoms with E-state index in [9.17, 15) is 4.79 Å². The Morgan fingerprint density at radius 2 is 1.85 bits per heavy atom. The van der Waals surface area contributed by atoms with Crippen LogP contribution < -0.4 is 5.32 Å². The van der Waals surface area contributed by atoms with E-state index in [2.05, 4.69) is 59.0 Å². The van der Waals surface area contributed by atoms with Gasteiger partial charge in [0.05, 0.1) is 12.0 Å². The largest absolute Gasteiger partial charge is 0.349 e. The summed E-state index contributed by atoms with van der Waals surface area (Å²) in [6.07, 6.45) is 20.8. The third-order valence-corrected chi connectivity index (χ3v) is 9.91. The molecule has 4 aliphatic rings. The molecule has 4 aliphatic carbocycles. The lowest BCUT2D eigenvalue weighted by molar-refractivity contribution is -0.0137. The lowest BCUT2D eigenvalue weighted by atomic mass is 9.47. The van der Waals surface area contributed by atoms with Crippen LogP contribution in [0.4, 0.5) is 0 Å². The number of nitrogens with one attached hydrogen (secondary N) is 1. The standard InChI is InChI=1S/C29H36N4O/c1-19-17-33(18-31-19)26-7-6-24-23-5-4-21-16-22(32-27(34)20-10-14-30-15-11-20)8-12-28(21,2)25(23)9-13-29(24,26)3/h4,7,10-11,14-15,17-18,22-25H,5-6,8-9,12-13,16H2,1-3H3,(H,32,34)/t22-,23-,24-,25-,28-,29-/m0/s1. The molecule has 5 nitrogen and oxygen atoms in total. The van der Waals surface area contributed by atoms with Crippen LogP contribution in [-0.4, -0.2) is 26.5 Å². The molecule has 6 rings (SSSR count). The van der Waals surface area contributed by atoms with E-state index in [0.29, 0.717) is 11.5 Å². The second kappa shape index (κ2) is 7.93. The molecule has 34 heavy (non-hydrogen) atoms. The first-order valence-electron chi connectivity index (χ1n) is 13.0. The van der Waals surface area contributed by atoms with E-state index >= 15 is 0 Å². The Labute approximate surface area is 202 Å². The minimum atomic E-state index is 0.0259. The monoisotopic (exact) mass is 456 g/mol. The Balaban J connectivity index is 1.20. The van der Waals surface area contributed by atoms with Crippen molar-refractivity contribution in [2.45, 2.75) is 71.8 Å². The molecule has 6 atom stereocenters. The Morgan fingerprint density at radius 1 is 1.06 bits per heavy atom. The van der Waals surface area contributed by atoms with Crippen LogP contribution in [0.15, 0.2) is 54.8 Å². The van der Waals surface area contributed by atoms with Gasteiger partial charge in [-0.2, -0.15) is 0 Å². The number of rotatable bonds is 3. The molecule has 0 unspecified atom stereocenters. The number of hydrogen-bond acceptors (Lipinski definition) is 3. The molecule has 2 aromatic rings. The van der Waals surface area contributed by atoms with Crippen LogP contribution in [0.3, 0.4) is 0 Å². The highest BCUT2D eigenvalue weighted by atomic mass is 16.1. The molecule has 0 radical (unpaired) electrons. The van der Waals surface area contributed by atoms with Gasteiger partial charge in [-0.1, -0.05) is 31.6 Å². The number of carbonyl (C=O) groups excluding carboxylic acids is 1. The van der Waals surface area contributed by atoms with Gasteiger partial charge in [-0.15, -0.1) is 0 Å². The first-order valence-corrected chi connectivity index (χ1v) is 13.0. The number of aryl methyl sites for hydroxylation is 1. The lowest BCUT2D eigenvalue weighted by Gasteiger charge is -2.58. The number of hydrogen-bond donors (Lipinski definition) is 1. The summed E-state index contributed by atoms with van der Waals surface area (Å²) in [5.74, 6) is 2.23. The number of imidazole rings is 1. The number of pyridine rings is 1. The molecule has 2 saturated carbocycles. The molecular formula is C29H36N4O. The highest BCUT2D eigenvalue weighted by Gasteiger charge is 2.57.